The summed E-state index contributed by atoms with van der Waals surface area (Å²) in [4.78, 5) is 53.9. The van der Waals surface area contributed by atoms with Crippen LogP contribution in [0.3, 0.4) is 0 Å². The molecular weight excluding hydrogens is 566 g/mol. The van der Waals surface area contributed by atoms with Gasteiger partial charge in [0.2, 0.25) is 15.9 Å². The molecule has 0 aliphatic heterocycles. The average Bonchev–Trinajstić information content (AvgIpc) is 2.91. The van der Waals surface area contributed by atoms with Crippen LogP contribution in [-0.2, 0) is 33.9 Å². The molecule has 0 heterocycles. The highest BCUT2D eigenvalue weighted by atomic mass is 32.2. The van der Waals surface area contributed by atoms with Gasteiger partial charge in [0.15, 0.2) is 11.7 Å². The summed E-state index contributed by atoms with van der Waals surface area (Å²) in [6, 6.07) is 3.91. The summed E-state index contributed by atoms with van der Waals surface area (Å²) in [5.41, 5.74) is 11.6. The molecule has 1 aromatic rings. The molecule has 1 rings (SSSR count). The van der Waals surface area contributed by atoms with E-state index in [2.05, 4.69) is 15.0 Å². The number of aliphatic imine (C=N–C) groups is 1. The third-order valence-corrected chi connectivity index (χ3v) is 8.01. The minimum Gasteiger partial charge on any atom is -0.481 e. The van der Waals surface area contributed by atoms with Crippen molar-refractivity contribution in [3.8, 4) is 0 Å². The molecule has 0 saturated heterocycles. The number of nitrogens with zero attached hydrogens (tertiary/aromatic N) is 1. The summed E-state index contributed by atoms with van der Waals surface area (Å²) < 4.78 is 33.5. The largest absolute Gasteiger partial charge is 0.481 e. The van der Waals surface area contributed by atoms with E-state index in [1.54, 1.807) is 26.0 Å². The number of ketones is 1. The fourth-order valence-electron chi connectivity index (χ4n) is 3.99. The zero-order valence-corrected chi connectivity index (χ0v) is 25.4. The number of carbonyl (C=O) groups is 4. The Morgan fingerprint density at radius 2 is 1.74 bits per heavy atom. The van der Waals surface area contributed by atoms with Crippen molar-refractivity contribution in [2.45, 2.75) is 76.8 Å². The molecule has 42 heavy (non-hydrogen) atoms. The van der Waals surface area contributed by atoms with E-state index in [4.69, 9.17) is 16.2 Å². The van der Waals surface area contributed by atoms with Crippen molar-refractivity contribution in [1.82, 2.24) is 10.0 Å². The number of carboxylic acids is 1. The number of sulfonamides is 1. The van der Waals surface area contributed by atoms with Crippen molar-refractivity contribution >= 4 is 39.6 Å². The summed E-state index contributed by atoms with van der Waals surface area (Å²) in [7, 11) is -4.08. The van der Waals surface area contributed by atoms with Gasteiger partial charge >= 0.3 is 11.9 Å². The lowest BCUT2D eigenvalue weighted by Crippen LogP contribution is -2.45. The SMILES string of the molecule is CCOC(=O)/C=C/[C@H](CC(=O)O)NC(=O)[C@H](CC(=O)[C@H](CCCN=C(N)N)NS(=O)(=O)c1ccc(C)cc1)C(C)CC. The molecule has 0 aliphatic carbocycles. The molecule has 1 amide bonds. The first-order valence-corrected chi connectivity index (χ1v) is 15.2. The molecular formula is C28H43N5O8S. The number of rotatable bonds is 19. The number of carboxylic acid groups (broad SMARTS) is 1. The van der Waals surface area contributed by atoms with Gasteiger partial charge in [-0.2, -0.15) is 0 Å². The van der Waals surface area contributed by atoms with Crippen molar-refractivity contribution < 1.29 is 37.4 Å². The predicted octanol–water partition coefficient (Wildman–Crippen LogP) is 1.40. The average molecular weight is 610 g/mol. The van der Waals surface area contributed by atoms with E-state index in [1.807, 2.05) is 13.8 Å². The number of amides is 1. The van der Waals surface area contributed by atoms with Crippen LogP contribution in [0.2, 0.25) is 0 Å². The van der Waals surface area contributed by atoms with Crippen LogP contribution in [0.5, 0.6) is 0 Å². The molecule has 1 unspecified atom stereocenters. The number of nitrogens with one attached hydrogen (secondary N) is 2. The Bertz CT molecular complexity index is 1230. The van der Waals surface area contributed by atoms with Gasteiger partial charge in [-0.25, -0.2) is 17.9 Å². The normalized spacial score (nSPS) is 14.4. The molecule has 0 radical (unpaired) electrons. The summed E-state index contributed by atoms with van der Waals surface area (Å²) in [5, 5.41) is 11.9. The number of aliphatic carboxylic acids is 1. The number of hydrogen-bond donors (Lipinski definition) is 5. The fraction of sp³-hybridized carbons (Fsp3) is 0.536. The van der Waals surface area contributed by atoms with Crippen molar-refractivity contribution in [1.29, 1.82) is 0 Å². The Labute approximate surface area is 247 Å². The lowest BCUT2D eigenvalue weighted by Gasteiger charge is -2.26. The van der Waals surface area contributed by atoms with Gasteiger partial charge in [-0.15, -0.1) is 0 Å². The summed E-state index contributed by atoms with van der Waals surface area (Å²) >= 11 is 0. The molecule has 234 valence electrons. The fourth-order valence-corrected chi connectivity index (χ4v) is 5.24. The van der Waals surface area contributed by atoms with Crippen molar-refractivity contribution in [2.24, 2.45) is 28.3 Å². The van der Waals surface area contributed by atoms with Gasteiger partial charge in [-0.05, 0) is 44.7 Å². The zero-order valence-electron chi connectivity index (χ0n) is 24.5. The molecule has 0 fully saturated rings. The summed E-state index contributed by atoms with van der Waals surface area (Å²) in [5.74, 6) is -4.38. The Hall–Kier alpha value is -3.78. The third kappa shape index (κ3) is 13.3. The molecule has 0 aromatic heterocycles. The first kappa shape index (κ1) is 36.2. The van der Waals surface area contributed by atoms with Crippen molar-refractivity contribution in [3.05, 3.63) is 42.0 Å². The van der Waals surface area contributed by atoms with Crippen LogP contribution in [0, 0.1) is 18.8 Å². The van der Waals surface area contributed by atoms with E-state index < -0.39 is 58.1 Å². The first-order valence-electron chi connectivity index (χ1n) is 13.7. The molecule has 0 spiro atoms. The van der Waals surface area contributed by atoms with Crippen LogP contribution < -0.4 is 21.5 Å². The minimum absolute atomic E-state index is 0.0174. The summed E-state index contributed by atoms with van der Waals surface area (Å²) in [6.45, 7) is 7.31. The zero-order chi connectivity index (χ0) is 31.9. The van der Waals surface area contributed by atoms with E-state index in [1.165, 1.54) is 18.2 Å². The molecule has 7 N–H and O–H groups in total. The predicted molar refractivity (Wildman–Crippen MR) is 158 cm³/mol. The molecule has 13 nitrogen and oxygen atoms in total. The standard InChI is InChI=1S/C28H43N5O8S/c1-5-19(4)22(27(38)32-20(16-25(35)36)11-14-26(37)41-6-2)17-24(34)23(8-7-15-31-28(29)30)33-42(39,40)21-12-9-18(3)10-13-21/h9-14,19-20,22-23,33H,5-8,15-17H2,1-4H3,(H,32,38)(H,35,36)(H4,29,30,31)/b14-11+/t19?,20-,22-,23+/m1/s1. The third-order valence-electron chi connectivity index (χ3n) is 6.52. The number of guanidine groups is 1. The molecule has 0 saturated carbocycles. The Morgan fingerprint density at radius 3 is 2.29 bits per heavy atom. The molecule has 4 atom stereocenters. The van der Waals surface area contributed by atoms with Crippen molar-refractivity contribution in [3.63, 3.8) is 0 Å². The number of benzene rings is 1. The highest BCUT2D eigenvalue weighted by Gasteiger charge is 2.33. The van der Waals surface area contributed by atoms with Crippen LogP contribution in [0.15, 0.2) is 46.3 Å². The van der Waals surface area contributed by atoms with Crippen LogP contribution >= 0.6 is 0 Å². The Morgan fingerprint density at radius 1 is 1.10 bits per heavy atom. The highest BCUT2D eigenvalue weighted by molar-refractivity contribution is 7.89. The molecule has 0 bridgehead atoms. The van der Waals surface area contributed by atoms with Crippen LogP contribution in [0.4, 0.5) is 0 Å². The van der Waals surface area contributed by atoms with E-state index in [-0.39, 0.29) is 49.2 Å². The number of aryl methyl sites for hydroxylation is 1. The number of esters is 1. The smallest absolute Gasteiger partial charge is 0.330 e. The van der Waals surface area contributed by atoms with E-state index in [0.29, 0.717) is 6.42 Å². The number of Topliss-reactive ketones (excluding diaryl/α,β-unsaturated/α-hetero) is 1. The van der Waals surface area contributed by atoms with Crippen LogP contribution in [0.1, 0.15) is 58.4 Å². The van der Waals surface area contributed by atoms with Crippen LogP contribution in [-0.4, -0.2) is 68.3 Å². The quantitative estimate of drug-likeness (QED) is 0.0499. The maximum absolute atomic E-state index is 13.6. The molecule has 14 heteroatoms. The number of nitrogens with two attached hydrogens (primary N) is 2. The topological polar surface area (TPSA) is 220 Å². The van der Waals surface area contributed by atoms with Gasteiger partial charge in [0.05, 0.1) is 30.0 Å². The monoisotopic (exact) mass is 609 g/mol. The Balaban J connectivity index is 3.23. The number of hydrogen-bond acceptors (Lipinski definition) is 8. The number of carbonyl (C=O) groups excluding carboxylic acids is 3. The second kappa shape index (κ2) is 17.9. The first-order chi connectivity index (χ1) is 19.7. The van der Waals surface area contributed by atoms with Gasteiger partial charge in [-0.3, -0.25) is 19.4 Å². The number of ether oxygens (including phenoxy) is 1. The van der Waals surface area contributed by atoms with E-state index in [9.17, 15) is 32.7 Å². The van der Waals surface area contributed by atoms with Crippen LogP contribution in [0.25, 0.3) is 0 Å². The van der Waals surface area contributed by atoms with Gasteiger partial charge in [0.25, 0.3) is 0 Å². The van der Waals surface area contributed by atoms with Gasteiger partial charge in [0.1, 0.15) is 0 Å². The lowest BCUT2D eigenvalue weighted by molar-refractivity contribution is -0.139. The van der Waals surface area contributed by atoms with E-state index >= 15 is 0 Å². The highest BCUT2D eigenvalue weighted by Crippen LogP contribution is 2.23. The second-order valence-electron chi connectivity index (χ2n) is 9.92. The molecule has 0 aliphatic rings. The van der Waals surface area contributed by atoms with Gasteiger partial charge < -0.3 is 26.6 Å². The van der Waals surface area contributed by atoms with Gasteiger partial charge in [0, 0.05) is 25.0 Å². The lowest BCUT2D eigenvalue weighted by atomic mass is 9.84. The molecule has 1 aromatic carbocycles. The van der Waals surface area contributed by atoms with Gasteiger partial charge in [-0.1, -0.05) is 44.0 Å². The Kier molecular flexibility index (Phi) is 15.5. The van der Waals surface area contributed by atoms with E-state index in [0.717, 1.165) is 11.6 Å². The second-order valence-corrected chi connectivity index (χ2v) is 11.6. The maximum Gasteiger partial charge on any atom is 0.330 e. The van der Waals surface area contributed by atoms with Crippen molar-refractivity contribution in [2.75, 3.05) is 13.2 Å². The minimum atomic E-state index is -4.08. The maximum atomic E-state index is 13.6. The summed E-state index contributed by atoms with van der Waals surface area (Å²) in [6.07, 6.45) is 2.30.